The van der Waals surface area contributed by atoms with E-state index in [1.165, 1.54) is 0 Å². The van der Waals surface area contributed by atoms with Crippen LogP contribution in [-0.4, -0.2) is 46.1 Å². The molecule has 2 heterocycles. The molecule has 2 rings (SSSR count). The molecule has 112 valence electrons. The average Bonchev–Trinajstić information content (AvgIpc) is 3.07. The van der Waals surface area contributed by atoms with Gasteiger partial charge in [0.2, 0.25) is 0 Å². The number of halogens is 1. The highest BCUT2D eigenvalue weighted by Gasteiger charge is 2.17. The Balaban J connectivity index is 1.85. The summed E-state index contributed by atoms with van der Waals surface area (Å²) in [5.74, 6) is 0. The van der Waals surface area contributed by atoms with Crippen molar-refractivity contribution >= 4 is 33.3 Å². The number of aromatic nitrogens is 2. The van der Waals surface area contributed by atoms with Crippen LogP contribution in [0.3, 0.4) is 0 Å². The summed E-state index contributed by atoms with van der Waals surface area (Å²) >= 11 is 8.96. The molecule has 1 aromatic heterocycles. The molecule has 1 N–H and O–H groups in total. The van der Waals surface area contributed by atoms with Gasteiger partial charge < -0.3 is 15.0 Å². The Kier molecular flexibility index (Phi) is 5.80. The van der Waals surface area contributed by atoms with E-state index in [0.717, 1.165) is 54.4 Å². The molecule has 5 nitrogen and oxygen atoms in total. The Morgan fingerprint density at radius 3 is 3.15 bits per heavy atom. The summed E-state index contributed by atoms with van der Waals surface area (Å²) in [6.45, 7) is 5.32. The average molecular weight is 361 g/mol. The lowest BCUT2D eigenvalue weighted by Gasteiger charge is -2.22. The van der Waals surface area contributed by atoms with E-state index in [4.69, 9.17) is 17.0 Å². The quantitative estimate of drug-likeness (QED) is 0.814. The third-order valence-electron chi connectivity index (χ3n) is 3.44. The Morgan fingerprint density at radius 1 is 1.70 bits per heavy atom. The molecule has 0 aliphatic carbocycles. The van der Waals surface area contributed by atoms with Gasteiger partial charge in [-0.05, 0) is 47.9 Å². The maximum Gasteiger partial charge on any atom is 0.169 e. The zero-order valence-corrected chi connectivity index (χ0v) is 14.3. The van der Waals surface area contributed by atoms with Gasteiger partial charge in [0.15, 0.2) is 5.11 Å². The Bertz CT molecular complexity index is 459. The highest BCUT2D eigenvalue weighted by atomic mass is 79.9. The molecule has 0 bridgehead atoms. The highest BCUT2D eigenvalue weighted by Crippen LogP contribution is 2.17. The Labute approximate surface area is 133 Å². The van der Waals surface area contributed by atoms with E-state index < -0.39 is 0 Å². The van der Waals surface area contributed by atoms with Gasteiger partial charge in [-0.25, -0.2) is 0 Å². The number of rotatable bonds is 5. The molecule has 1 aliphatic rings. The molecule has 1 aromatic rings. The molecule has 20 heavy (non-hydrogen) atoms. The third-order valence-corrected chi connectivity index (χ3v) is 4.55. The first-order chi connectivity index (χ1) is 9.61. The first-order valence-electron chi connectivity index (χ1n) is 6.92. The number of nitrogens with zero attached hydrogens (tertiary/aromatic N) is 3. The van der Waals surface area contributed by atoms with E-state index in [1.54, 1.807) is 0 Å². The number of aryl methyl sites for hydroxylation is 1. The fraction of sp³-hybridized carbons (Fsp3) is 0.692. The van der Waals surface area contributed by atoms with Crippen LogP contribution in [0, 0.1) is 0 Å². The van der Waals surface area contributed by atoms with Crippen LogP contribution < -0.4 is 5.32 Å². The molecule has 0 amide bonds. The topological polar surface area (TPSA) is 42.3 Å². The minimum atomic E-state index is 0.300. The summed E-state index contributed by atoms with van der Waals surface area (Å²) in [5.41, 5.74) is 1.14. The fourth-order valence-corrected chi connectivity index (χ4v) is 2.82. The fourth-order valence-electron chi connectivity index (χ4n) is 2.26. The smallest absolute Gasteiger partial charge is 0.169 e. The van der Waals surface area contributed by atoms with E-state index in [1.807, 2.05) is 22.8 Å². The molecule has 0 spiro atoms. The van der Waals surface area contributed by atoms with Crippen LogP contribution in [0.25, 0.3) is 0 Å². The van der Waals surface area contributed by atoms with Crippen molar-refractivity contribution in [3.8, 4) is 0 Å². The standard InChI is InChI=1S/C13H21BrN4OS/c1-3-18-12(11(14)8-16-18)9-17(2)13(20)15-7-10-5-4-6-19-10/h8,10H,3-7,9H2,1-2H3,(H,15,20). The first-order valence-corrected chi connectivity index (χ1v) is 8.12. The summed E-state index contributed by atoms with van der Waals surface area (Å²) < 4.78 is 8.58. The predicted molar refractivity (Wildman–Crippen MR) is 86.6 cm³/mol. The molecule has 1 fully saturated rings. The lowest BCUT2D eigenvalue weighted by Crippen LogP contribution is -2.40. The van der Waals surface area contributed by atoms with E-state index in [2.05, 4.69) is 33.3 Å². The molecular weight excluding hydrogens is 340 g/mol. The minimum Gasteiger partial charge on any atom is -0.376 e. The summed E-state index contributed by atoms with van der Waals surface area (Å²) in [6, 6.07) is 0. The van der Waals surface area contributed by atoms with Crippen molar-refractivity contribution in [1.29, 1.82) is 0 Å². The second-order valence-electron chi connectivity index (χ2n) is 4.93. The van der Waals surface area contributed by atoms with Crippen molar-refractivity contribution in [1.82, 2.24) is 20.0 Å². The van der Waals surface area contributed by atoms with Crippen molar-refractivity contribution in [3.63, 3.8) is 0 Å². The van der Waals surface area contributed by atoms with Crippen molar-refractivity contribution in [2.24, 2.45) is 0 Å². The van der Waals surface area contributed by atoms with Crippen molar-refractivity contribution < 1.29 is 4.74 Å². The van der Waals surface area contributed by atoms with Crippen molar-refractivity contribution in [3.05, 3.63) is 16.4 Å². The zero-order valence-electron chi connectivity index (χ0n) is 11.9. The van der Waals surface area contributed by atoms with Crippen LogP contribution in [0.4, 0.5) is 0 Å². The van der Waals surface area contributed by atoms with Crippen molar-refractivity contribution in [2.75, 3.05) is 20.2 Å². The zero-order chi connectivity index (χ0) is 14.5. The van der Waals surface area contributed by atoms with E-state index in [-0.39, 0.29) is 0 Å². The van der Waals surface area contributed by atoms with Gasteiger partial charge in [-0.1, -0.05) is 0 Å². The van der Waals surface area contributed by atoms with Crippen LogP contribution in [0.2, 0.25) is 0 Å². The maximum atomic E-state index is 5.58. The minimum absolute atomic E-state index is 0.300. The van der Waals surface area contributed by atoms with E-state index in [0.29, 0.717) is 6.10 Å². The number of ether oxygens (including phenoxy) is 1. The monoisotopic (exact) mass is 360 g/mol. The van der Waals surface area contributed by atoms with Crippen LogP contribution in [0.5, 0.6) is 0 Å². The number of thiocarbonyl (C=S) groups is 1. The predicted octanol–water partition coefficient (Wildman–Crippen LogP) is 2.15. The maximum absolute atomic E-state index is 5.58. The highest BCUT2D eigenvalue weighted by molar-refractivity contribution is 9.10. The van der Waals surface area contributed by atoms with Crippen LogP contribution in [-0.2, 0) is 17.8 Å². The van der Waals surface area contributed by atoms with E-state index in [9.17, 15) is 0 Å². The molecule has 1 unspecified atom stereocenters. The van der Waals surface area contributed by atoms with Gasteiger partial charge in [0.25, 0.3) is 0 Å². The lowest BCUT2D eigenvalue weighted by molar-refractivity contribution is 0.113. The summed E-state index contributed by atoms with van der Waals surface area (Å²) in [7, 11) is 1.99. The molecule has 0 saturated carbocycles. The van der Waals surface area contributed by atoms with Gasteiger partial charge in [0, 0.05) is 26.7 Å². The number of nitrogens with one attached hydrogen (secondary N) is 1. The first kappa shape index (κ1) is 15.7. The van der Waals surface area contributed by atoms with Gasteiger partial charge >= 0.3 is 0 Å². The molecule has 1 saturated heterocycles. The molecule has 0 radical (unpaired) electrons. The molecule has 0 aromatic carbocycles. The summed E-state index contributed by atoms with van der Waals surface area (Å²) in [6.07, 6.45) is 4.40. The molecule has 1 atom stereocenters. The lowest BCUT2D eigenvalue weighted by atomic mass is 10.2. The third kappa shape index (κ3) is 3.93. The van der Waals surface area contributed by atoms with Gasteiger partial charge in [-0.3, -0.25) is 4.68 Å². The second-order valence-corrected chi connectivity index (χ2v) is 6.17. The van der Waals surface area contributed by atoms with Gasteiger partial charge in [-0.2, -0.15) is 5.10 Å². The number of hydrogen-bond donors (Lipinski definition) is 1. The van der Waals surface area contributed by atoms with Gasteiger partial charge in [-0.15, -0.1) is 0 Å². The van der Waals surface area contributed by atoms with Crippen LogP contribution in [0.15, 0.2) is 10.7 Å². The summed E-state index contributed by atoms with van der Waals surface area (Å²) in [4.78, 5) is 2.03. The SMILES string of the molecule is CCn1ncc(Br)c1CN(C)C(=S)NCC1CCCO1. The normalized spacial score (nSPS) is 18.2. The van der Waals surface area contributed by atoms with Crippen molar-refractivity contribution in [2.45, 2.75) is 39.0 Å². The largest absolute Gasteiger partial charge is 0.376 e. The molecule has 1 aliphatic heterocycles. The van der Waals surface area contributed by atoms with Gasteiger partial charge in [0.1, 0.15) is 0 Å². The van der Waals surface area contributed by atoms with Crippen LogP contribution in [0.1, 0.15) is 25.5 Å². The van der Waals surface area contributed by atoms with E-state index >= 15 is 0 Å². The molecular formula is C13H21BrN4OS. The number of hydrogen-bond acceptors (Lipinski definition) is 3. The molecule has 7 heteroatoms. The Hall–Kier alpha value is -0.660. The second kappa shape index (κ2) is 7.38. The Morgan fingerprint density at radius 2 is 2.50 bits per heavy atom. The van der Waals surface area contributed by atoms with Gasteiger partial charge in [0.05, 0.1) is 29.0 Å². The van der Waals surface area contributed by atoms with Crippen LogP contribution >= 0.6 is 28.1 Å². The summed E-state index contributed by atoms with van der Waals surface area (Å²) in [5, 5.41) is 8.34.